The van der Waals surface area contributed by atoms with Crippen LogP contribution in [0.1, 0.15) is 25.1 Å². The monoisotopic (exact) mass is 194 g/mol. The van der Waals surface area contributed by atoms with E-state index in [-0.39, 0.29) is 0 Å². The predicted octanol–water partition coefficient (Wildman–Crippen LogP) is 1.04. The molecule has 0 saturated carbocycles. The van der Waals surface area contributed by atoms with Gasteiger partial charge in [-0.3, -0.25) is 0 Å². The van der Waals surface area contributed by atoms with E-state index in [4.69, 9.17) is 5.73 Å². The third-order valence-corrected chi connectivity index (χ3v) is 2.93. The molecule has 2 rings (SSSR count). The molecule has 4 nitrogen and oxygen atoms in total. The summed E-state index contributed by atoms with van der Waals surface area (Å²) in [6.07, 6.45) is 1.17. The van der Waals surface area contributed by atoms with Crippen molar-refractivity contribution in [3.05, 3.63) is 11.8 Å². The molecule has 0 amide bonds. The molecule has 0 spiro atoms. The van der Waals surface area contributed by atoms with Gasteiger partial charge in [-0.1, -0.05) is 6.92 Å². The Labute approximate surface area is 84.7 Å². The Balaban J connectivity index is 2.13. The van der Waals surface area contributed by atoms with Crippen molar-refractivity contribution in [3.8, 4) is 0 Å². The number of nitrogen functional groups attached to an aromatic ring is 1. The molecular formula is C10H18N4. The molecule has 1 saturated heterocycles. The highest BCUT2D eigenvalue weighted by Gasteiger charge is 2.24. The average Bonchev–Trinajstić information content (AvgIpc) is 2.71. The van der Waals surface area contributed by atoms with E-state index in [0.717, 1.165) is 24.6 Å². The molecule has 0 aromatic carbocycles. The van der Waals surface area contributed by atoms with Crippen molar-refractivity contribution < 1.29 is 0 Å². The van der Waals surface area contributed by atoms with Crippen LogP contribution in [0.2, 0.25) is 0 Å². The van der Waals surface area contributed by atoms with E-state index in [1.54, 1.807) is 0 Å². The maximum Gasteiger partial charge on any atom is 0.122 e. The van der Waals surface area contributed by atoms with Gasteiger partial charge in [0.2, 0.25) is 0 Å². The summed E-state index contributed by atoms with van der Waals surface area (Å²) in [5.41, 5.74) is 6.90. The minimum absolute atomic E-state index is 0.476. The highest BCUT2D eigenvalue weighted by atomic mass is 15.4. The Kier molecular flexibility index (Phi) is 2.46. The fourth-order valence-corrected chi connectivity index (χ4v) is 2.13. The third-order valence-electron chi connectivity index (χ3n) is 2.93. The fraction of sp³-hybridized carbons (Fsp3) is 0.700. The van der Waals surface area contributed by atoms with Gasteiger partial charge in [0.1, 0.15) is 5.82 Å². The van der Waals surface area contributed by atoms with Crippen molar-refractivity contribution >= 4 is 5.82 Å². The molecule has 1 fully saturated rings. The van der Waals surface area contributed by atoms with E-state index in [0.29, 0.717) is 6.04 Å². The summed E-state index contributed by atoms with van der Waals surface area (Å²) >= 11 is 0. The Morgan fingerprint density at radius 2 is 2.43 bits per heavy atom. The molecule has 1 aromatic rings. The average molecular weight is 194 g/mol. The van der Waals surface area contributed by atoms with Crippen molar-refractivity contribution in [1.82, 2.24) is 14.7 Å². The molecule has 0 radical (unpaired) electrons. The number of rotatable bonds is 2. The van der Waals surface area contributed by atoms with Crippen LogP contribution in [-0.2, 0) is 0 Å². The summed E-state index contributed by atoms with van der Waals surface area (Å²) in [5, 5.41) is 4.43. The lowest BCUT2D eigenvalue weighted by Crippen LogP contribution is -2.21. The standard InChI is InChI=1S/C10H18N4/c1-3-13-5-4-9(7-13)14-10(11)6-8(2)12-14/h6,9H,3-5,7,11H2,1-2H3. The second-order valence-electron chi connectivity index (χ2n) is 3.99. The van der Waals surface area contributed by atoms with Crippen molar-refractivity contribution in [2.45, 2.75) is 26.3 Å². The molecule has 1 aliphatic rings. The maximum atomic E-state index is 5.89. The van der Waals surface area contributed by atoms with E-state index < -0.39 is 0 Å². The molecule has 4 heteroatoms. The third kappa shape index (κ3) is 1.62. The Morgan fingerprint density at radius 3 is 2.93 bits per heavy atom. The van der Waals surface area contributed by atoms with Crippen LogP contribution >= 0.6 is 0 Å². The zero-order valence-electron chi connectivity index (χ0n) is 8.90. The summed E-state index contributed by atoms with van der Waals surface area (Å²) in [6, 6.07) is 2.41. The van der Waals surface area contributed by atoms with Crippen molar-refractivity contribution in [1.29, 1.82) is 0 Å². The van der Waals surface area contributed by atoms with Gasteiger partial charge in [-0.05, 0) is 19.9 Å². The van der Waals surface area contributed by atoms with Crippen LogP contribution < -0.4 is 5.73 Å². The maximum absolute atomic E-state index is 5.89. The number of likely N-dealkylation sites (tertiary alicyclic amines) is 1. The predicted molar refractivity (Wildman–Crippen MR) is 57.1 cm³/mol. The normalized spacial score (nSPS) is 23.1. The topological polar surface area (TPSA) is 47.1 Å². The number of anilines is 1. The Morgan fingerprint density at radius 1 is 1.64 bits per heavy atom. The second kappa shape index (κ2) is 3.61. The largest absolute Gasteiger partial charge is 0.384 e. The first-order chi connectivity index (χ1) is 6.70. The zero-order chi connectivity index (χ0) is 10.1. The first kappa shape index (κ1) is 9.52. The van der Waals surface area contributed by atoms with E-state index in [2.05, 4.69) is 16.9 Å². The summed E-state index contributed by atoms with van der Waals surface area (Å²) < 4.78 is 1.98. The van der Waals surface area contributed by atoms with E-state index in [1.165, 1.54) is 13.0 Å². The van der Waals surface area contributed by atoms with Crippen molar-refractivity contribution in [2.75, 3.05) is 25.4 Å². The summed E-state index contributed by atoms with van der Waals surface area (Å²) in [4.78, 5) is 2.43. The lowest BCUT2D eigenvalue weighted by atomic mass is 10.3. The molecule has 2 heterocycles. The van der Waals surface area contributed by atoms with Gasteiger partial charge in [0, 0.05) is 19.2 Å². The Hall–Kier alpha value is -1.03. The number of nitrogens with two attached hydrogens (primary N) is 1. The van der Waals surface area contributed by atoms with Crippen LogP contribution in [0.4, 0.5) is 5.82 Å². The fourth-order valence-electron chi connectivity index (χ4n) is 2.13. The first-order valence-electron chi connectivity index (χ1n) is 5.24. The number of aryl methyl sites for hydroxylation is 1. The molecule has 1 atom stereocenters. The smallest absolute Gasteiger partial charge is 0.122 e. The Bertz CT molecular complexity index is 318. The van der Waals surface area contributed by atoms with Crippen LogP contribution in [0.25, 0.3) is 0 Å². The molecule has 1 aliphatic heterocycles. The van der Waals surface area contributed by atoms with Crippen LogP contribution in [0, 0.1) is 6.92 Å². The minimum atomic E-state index is 0.476. The number of nitrogens with zero attached hydrogens (tertiary/aromatic N) is 3. The molecule has 78 valence electrons. The number of hydrogen-bond donors (Lipinski definition) is 1. The zero-order valence-corrected chi connectivity index (χ0v) is 8.90. The molecule has 0 bridgehead atoms. The number of likely N-dealkylation sites (N-methyl/N-ethyl adjacent to an activating group) is 1. The van der Waals surface area contributed by atoms with Crippen LogP contribution in [0.15, 0.2) is 6.07 Å². The molecule has 1 unspecified atom stereocenters. The van der Waals surface area contributed by atoms with Gasteiger partial charge in [-0.25, -0.2) is 4.68 Å². The van der Waals surface area contributed by atoms with Gasteiger partial charge in [0.05, 0.1) is 11.7 Å². The lowest BCUT2D eigenvalue weighted by molar-refractivity contribution is 0.336. The van der Waals surface area contributed by atoms with E-state index in [9.17, 15) is 0 Å². The molecular weight excluding hydrogens is 176 g/mol. The summed E-state index contributed by atoms with van der Waals surface area (Å²) in [6.45, 7) is 7.55. The van der Waals surface area contributed by atoms with Crippen molar-refractivity contribution in [3.63, 3.8) is 0 Å². The van der Waals surface area contributed by atoms with E-state index in [1.807, 2.05) is 17.7 Å². The molecule has 2 N–H and O–H groups in total. The summed E-state index contributed by atoms with van der Waals surface area (Å²) in [5.74, 6) is 0.797. The van der Waals surface area contributed by atoms with Gasteiger partial charge in [-0.15, -0.1) is 0 Å². The van der Waals surface area contributed by atoms with Gasteiger partial charge < -0.3 is 10.6 Å². The SMILES string of the molecule is CCN1CCC(n2nc(C)cc2N)C1. The molecule has 14 heavy (non-hydrogen) atoms. The molecule has 0 aliphatic carbocycles. The number of aromatic nitrogens is 2. The minimum Gasteiger partial charge on any atom is -0.384 e. The molecule has 1 aromatic heterocycles. The van der Waals surface area contributed by atoms with E-state index >= 15 is 0 Å². The van der Waals surface area contributed by atoms with Gasteiger partial charge >= 0.3 is 0 Å². The van der Waals surface area contributed by atoms with Gasteiger partial charge in [-0.2, -0.15) is 5.10 Å². The van der Waals surface area contributed by atoms with Gasteiger partial charge in [0.15, 0.2) is 0 Å². The van der Waals surface area contributed by atoms with Crippen LogP contribution in [-0.4, -0.2) is 34.3 Å². The lowest BCUT2D eigenvalue weighted by Gasteiger charge is -2.14. The number of hydrogen-bond acceptors (Lipinski definition) is 3. The highest BCUT2D eigenvalue weighted by Crippen LogP contribution is 2.23. The van der Waals surface area contributed by atoms with Crippen molar-refractivity contribution in [2.24, 2.45) is 0 Å². The van der Waals surface area contributed by atoms with Gasteiger partial charge in [0.25, 0.3) is 0 Å². The quantitative estimate of drug-likeness (QED) is 0.765. The highest BCUT2D eigenvalue weighted by molar-refractivity contribution is 5.31. The van der Waals surface area contributed by atoms with Crippen LogP contribution in [0.3, 0.4) is 0 Å². The second-order valence-corrected chi connectivity index (χ2v) is 3.99. The first-order valence-corrected chi connectivity index (χ1v) is 5.24. The summed E-state index contributed by atoms with van der Waals surface area (Å²) in [7, 11) is 0. The van der Waals surface area contributed by atoms with Crippen LogP contribution in [0.5, 0.6) is 0 Å².